The molecule has 1 aromatic heterocycles. The van der Waals surface area contributed by atoms with Gasteiger partial charge in [0.1, 0.15) is 18.1 Å². The molecule has 0 spiro atoms. The molecule has 0 bridgehead atoms. The first-order chi connectivity index (χ1) is 16.0. The number of anilines is 1. The highest BCUT2D eigenvalue weighted by atomic mass is 32.2. The Morgan fingerprint density at radius 2 is 1.97 bits per heavy atom. The lowest BCUT2D eigenvalue weighted by molar-refractivity contribution is -0.121. The van der Waals surface area contributed by atoms with Gasteiger partial charge < -0.3 is 19.7 Å². The van der Waals surface area contributed by atoms with Crippen LogP contribution in [0.1, 0.15) is 5.56 Å². The minimum Gasteiger partial charge on any atom is -0.497 e. The van der Waals surface area contributed by atoms with Gasteiger partial charge in [-0.1, -0.05) is 6.07 Å². The zero-order valence-electron chi connectivity index (χ0n) is 19.2. The van der Waals surface area contributed by atoms with Crippen LogP contribution < -0.4 is 14.8 Å². The second-order valence-corrected chi connectivity index (χ2v) is 9.41. The molecule has 0 saturated heterocycles. The molecular formula is C26H29N3O3S. The van der Waals surface area contributed by atoms with E-state index in [1.165, 1.54) is 0 Å². The second-order valence-electron chi connectivity index (χ2n) is 8.27. The highest BCUT2D eigenvalue weighted by molar-refractivity contribution is 7.99. The van der Waals surface area contributed by atoms with Crippen LogP contribution in [0.4, 0.5) is 5.69 Å². The van der Waals surface area contributed by atoms with Crippen LogP contribution in [0.25, 0.3) is 11.1 Å². The number of carbonyl (C=O) groups is 1. The van der Waals surface area contributed by atoms with E-state index in [2.05, 4.69) is 35.4 Å². The summed E-state index contributed by atoms with van der Waals surface area (Å²) in [6.07, 6.45) is 4.20. The summed E-state index contributed by atoms with van der Waals surface area (Å²) < 4.78 is 11.2. The Morgan fingerprint density at radius 3 is 2.73 bits per heavy atom. The molecule has 6 nitrogen and oxygen atoms in total. The van der Waals surface area contributed by atoms with Crippen LogP contribution in [0.3, 0.4) is 0 Å². The molecule has 1 N–H and O–H groups in total. The molecule has 4 rings (SSSR count). The van der Waals surface area contributed by atoms with Crippen LogP contribution in [0, 0.1) is 5.92 Å². The van der Waals surface area contributed by atoms with E-state index in [0.717, 1.165) is 51.1 Å². The number of nitrogens with zero attached hydrogens (tertiary/aromatic N) is 2. The maximum absolute atomic E-state index is 13.2. The van der Waals surface area contributed by atoms with E-state index in [1.54, 1.807) is 31.3 Å². The number of methoxy groups -OCH3 is 1. The van der Waals surface area contributed by atoms with Gasteiger partial charge in [-0.3, -0.25) is 9.78 Å². The third-order valence-corrected chi connectivity index (χ3v) is 6.63. The number of hydrogen-bond donors (Lipinski definition) is 1. The minimum absolute atomic E-state index is 0.0328. The van der Waals surface area contributed by atoms with Crippen molar-refractivity contribution < 1.29 is 14.3 Å². The molecule has 0 aliphatic carbocycles. The number of aromatic nitrogens is 1. The minimum atomic E-state index is -0.260. The molecule has 0 unspecified atom stereocenters. The predicted octanol–water partition coefficient (Wildman–Crippen LogP) is 4.60. The van der Waals surface area contributed by atoms with E-state index in [0.29, 0.717) is 13.0 Å². The smallest absolute Gasteiger partial charge is 0.231 e. The Bertz CT molecular complexity index is 1110. The maximum Gasteiger partial charge on any atom is 0.231 e. The number of fused-ring (bicyclic) bond motifs is 1. The van der Waals surface area contributed by atoms with Crippen LogP contribution in [0.2, 0.25) is 0 Å². The number of nitrogens with one attached hydrogen (secondary N) is 1. The van der Waals surface area contributed by atoms with E-state index in [9.17, 15) is 4.79 Å². The molecule has 0 saturated carbocycles. The Morgan fingerprint density at radius 1 is 1.15 bits per heavy atom. The van der Waals surface area contributed by atoms with Crippen LogP contribution >= 0.6 is 11.8 Å². The second kappa shape index (κ2) is 10.7. The van der Waals surface area contributed by atoms with Crippen molar-refractivity contribution in [1.82, 2.24) is 9.88 Å². The summed E-state index contributed by atoms with van der Waals surface area (Å²) in [5.74, 6) is 2.22. The Kier molecular flexibility index (Phi) is 7.52. The summed E-state index contributed by atoms with van der Waals surface area (Å²) in [5, 5.41) is 3.16. The molecule has 0 radical (unpaired) electrons. The van der Waals surface area contributed by atoms with Crippen molar-refractivity contribution in [3.63, 3.8) is 0 Å². The topological polar surface area (TPSA) is 63.7 Å². The summed E-state index contributed by atoms with van der Waals surface area (Å²) in [5.41, 5.74) is 4.03. The Hall–Kier alpha value is -3.03. The molecule has 3 aromatic rings. The number of thioether (sulfide) groups is 1. The lowest BCUT2D eigenvalue weighted by Gasteiger charge is -2.25. The fourth-order valence-corrected chi connectivity index (χ4v) is 4.87. The van der Waals surface area contributed by atoms with Crippen LogP contribution in [0.5, 0.6) is 11.5 Å². The standard InChI is InChI=1S/C26H29N3O3S/c1-29(2)12-13-33-25-16-19(18-8-10-27-11-9-18)4-6-23(25)28-26(30)21-14-20-15-22(31-3)5-7-24(20)32-17-21/h4-11,15-16,21H,12-14,17H2,1-3H3,(H,28,30)/t21-/m0/s1. The van der Waals surface area contributed by atoms with Crippen molar-refractivity contribution in [2.75, 3.05) is 45.4 Å². The number of rotatable bonds is 8. The molecule has 7 heteroatoms. The van der Waals surface area contributed by atoms with Crippen molar-refractivity contribution in [2.45, 2.75) is 11.3 Å². The summed E-state index contributed by atoms with van der Waals surface area (Å²) in [6.45, 7) is 1.32. The molecular weight excluding hydrogens is 434 g/mol. The van der Waals surface area contributed by atoms with E-state index in [1.807, 2.05) is 42.5 Å². The summed E-state index contributed by atoms with van der Waals surface area (Å²) >= 11 is 1.75. The Balaban J connectivity index is 1.52. The van der Waals surface area contributed by atoms with E-state index < -0.39 is 0 Å². The fraction of sp³-hybridized carbons (Fsp3) is 0.308. The van der Waals surface area contributed by atoms with Crippen LogP contribution in [-0.2, 0) is 11.2 Å². The lowest BCUT2D eigenvalue weighted by atomic mass is 9.95. The van der Waals surface area contributed by atoms with Gasteiger partial charge in [0.05, 0.1) is 18.7 Å². The summed E-state index contributed by atoms with van der Waals surface area (Å²) in [6, 6.07) is 15.9. The van der Waals surface area contributed by atoms with Crippen molar-refractivity contribution in [2.24, 2.45) is 5.92 Å². The van der Waals surface area contributed by atoms with Crippen LogP contribution in [-0.4, -0.2) is 55.9 Å². The van der Waals surface area contributed by atoms with Crippen molar-refractivity contribution >= 4 is 23.4 Å². The maximum atomic E-state index is 13.2. The highest BCUT2D eigenvalue weighted by Crippen LogP contribution is 2.34. The van der Waals surface area contributed by atoms with E-state index >= 15 is 0 Å². The van der Waals surface area contributed by atoms with Gasteiger partial charge in [-0.05, 0) is 79.7 Å². The van der Waals surface area contributed by atoms with Crippen molar-refractivity contribution in [3.05, 3.63) is 66.5 Å². The number of carbonyl (C=O) groups excluding carboxylic acids is 1. The fourth-order valence-electron chi connectivity index (χ4n) is 3.71. The van der Waals surface area contributed by atoms with Gasteiger partial charge in [0, 0.05) is 29.6 Å². The van der Waals surface area contributed by atoms with Gasteiger partial charge in [0.15, 0.2) is 0 Å². The molecule has 33 heavy (non-hydrogen) atoms. The summed E-state index contributed by atoms with van der Waals surface area (Å²) in [4.78, 5) is 20.5. The third kappa shape index (κ3) is 5.86. The average Bonchev–Trinajstić information content (AvgIpc) is 2.84. The monoisotopic (exact) mass is 463 g/mol. The number of ether oxygens (including phenoxy) is 2. The number of benzene rings is 2. The van der Waals surface area contributed by atoms with Crippen molar-refractivity contribution in [3.8, 4) is 22.6 Å². The van der Waals surface area contributed by atoms with Crippen molar-refractivity contribution in [1.29, 1.82) is 0 Å². The van der Waals surface area contributed by atoms with E-state index in [-0.39, 0.29) is 11.8 Å². The zero-order chi connectivity index (χ0) is 23.2. The van der Waals surface area contributed by atoms with Gasteiger partial charge in [0.2, 0.25) is 5.91 Å². The highest BCUT2D eigenvalue weighted by Gasteiger charge is 2.27. The first-order valence-corrected chi connectivity index (χ1v) is 11.9. The van der Waals surface area contributed by atoms with E-state index in [4.69, 9.17) is 9.47 Å². The first-order valence-electron chi connectivity index (χ1n) is 11.0. The third-order valence-electron chi connectivity index (χ3n) is 5.59. The number of hydrogen-bond acceptors (Lipinski definition) is 6. The molecule has 1 amide bonds. The van der Waals surface area contributed by atoms with Gasteiger partial charge in [0.25, 0.3) is 0 Å². The quantitative estimate of drug-likeness (QED) is 0.493. The van der Waals surface area contributed by atoms with Crippen LogP contribution in [0.15, 0.2) is 65.8 Å². The average molecular weight is 464 g/mol. The largest absolute Gasteiger partial charge is 0.497 e. The summed E-state index contributed by atoms with van der Waals surface area (Å²) in [7, 11) is 5.76. The molecule has 1 aliphatic rings. The molecule has 0 fully saturated rings. The molecule has 1 atom stereocenters. The normalized spacial score (nSPS) is 15.0. The zero-order valence-corrected chi connectivity index (χ0v) is 20.0. The number of amides is 1. The van der Waals surface area contributed by atoms with Gasteiger partial charge >= 0.3 is 0 Å². The van der Waals surface area contributed by atoms with Gasteiger partial charge in [-0.25, -0.2) is 0 Å². The first kappa shape index (κ1) is 23.1. The molecule has 1 aliphatic heterocycles. The SMILES string of the molecule is COc1ccc2c(c1)C[C@H](C(=O)Nc1ccc(-c3ccncc3)cc1SCCN(C)C)CO2. The molecule has 172 valence electrons. The van der Waals surface area contributed by atoms with Gasteiger partial charge in [-0.15, -0.1) is 11.8 Å². The molecule has 2 heterocycles. The predicted molar refractivity (Wildman–Crippen MR) is 133 cm³/mol. The molecule has 2 aromatic carbocycles. The lowest BCUT2D eigenvalue weighted by Crippen LogP contribution is -2.32. The van der Waals surface area contributed by atoms with Gasteiger partial charge in [-0.2, -0.15) is 0 Å². The Labute approximate surface area is 199 Å². The number of pyridine rings is 1.